The molecule has 0 saturated heterocycles. The summed E-state index contributed by atoms with van der Waals surface area (Å²) in [5, 5.41) is 4.19. The molecule has 0 bridgehead atoms. The van der Waals surface area contributed by atoms with Crippen molar-refractivity contribution < 1.29 is 13.2 Å². The summed E-state index contributed by atoms with van der Waals surface area (Å²) in [4.78, 5) is 5.35. The van der Waals surface area contributed by atoms with Crippen molar-refractivity contribution in [3.8, 4) is 0 Å². The fraction of sp³-hybridized carbons (Fsp3) is 0.556. The van der Waals surface area contributed by atoms with E-state index < -0.39 is 12.6 Å². The standard InChI is InChI=1S/C18H23F3IN3/c1-25(2)12-8-6-11(7-9-12)23-14-4-3-5-15-16(14)13(17(22)24-15)10-18(19,20)21/h3-5,11-12,23-24H,6-10H2,1-2H3. The van der Waals surface area contributed by atoms with Crippen LogP contribution in [0.1, 0.15) is 31.2 Å². The molecule has 0 unspecified atom stereocenters. The maximum absolute atomic E-state index is 13.0. The van der Waals surface area contributed by atoms with Crippen molar-refractivity contribution in [2.45, 2.75) is 50.4 Å². The van der Waals surface area contributed by atoms with Crippen molar-refractivity contribution in [3.63, 3.8) is 0 Å². The maximum atomic E-state index is 13.0. The Hall–Kier alpha value is -0.960. The number of nitrogens with zero attached hydrogens (tertiary/aromatic N) is 1. The van der Waals surface area contributed by atoms with E-state index in [4.69, 9.17) is 0 Å². The Labute approximate surface area is 159 Å². The first kappa shape index (κ1) is 18.8. The lowest BCUT2D eigenvalue weighted by molar-refractivity contribution is -0.127. The van der Waals surface area contributed by atoms with Crippen LogP contribution in [0, 0.1) is 3.70 Å². The summed E-state index contributed by atoms with van der Waals surface area (Å²) >= 11 is 1.96. The summed E-state index contributed by atoms with van der Waals surface area (Å²) in [6.45, 7) is 0. The second-order valence-corrected chi connectivity index (χ2v) is 8.13. The van der Waals surface area contributed by atoms with Gasteiger partial charge in [0.25, 0.3) is 0 Å². The van der Waals surface area contributed by atoms with E-state index in [0.29, 0.717) is 26.7 Å². The SMILES string of the molecule is CN(C)C1CCC(Nc2cccc3[nH]c(I)c(CC(F)(F)F)c23)CC1. The zero-order valence-electron chi connectivity index (χ0n) is 14.4. The molecule has 0 radical (unpaired) electrons. The molecule has 1 aromatic carbocycles. The molecule has 1 saturated carbocycles. The highest BCUT2D eigenvalue weighted by Crippen LogP contribution is 2.36. The van der Waals surface area contributed by atoms with E-state index in [9.17, 15) is 13.2 Å². The summed E-state index contributed by atoms with van der Waals surface area (Å²) in [5.74, 6) is 0. The number of halogens is 4. The third-order valence-corrected chi connectivity index (χ3v) is 5.96. The molecule has 0 aliphatic heterocycles. The number of alkyl halides is 3. The van der Waals surface area contributed by atoms with E-state index in [1.807, 2.05) is 40.8 Å². The second kappa shape index (κ2) is 7.34. The Morgan fingerprint density at radius 2 is 1.88 bits per heavy atom. The van der Waals surface area contributed by atoms with Crippen LogP contribution >= 0.6 is 22.6 Å². The molecule has 1 aliphatic rings. The first-order chi connectivity index (χ1) is 11.7. The van der Waals surface area contributed by atoms with Crippen LogP contribution in [0.2, 0.25) is 0 Å². The average Bonchev–Trinajstić information content (AvgIpc) is 2.83. The Kier molecular flexibility index (Phi) is 5.53. The van der Waals surface area contributed by atoms with Crippen LogP contribution in [-0.2, 0) is 6.42 Å². The fourth-order valence-electron chi connectivity index (χ4n) is 3.73. The maximum Gasteiger partial charge on any atom is 0.393 e. The molecular weight excluding hydrogens is 442 g/mol. The van der Waals surface area contributed by atoms with Gasteiger partial charge in [-0.3, -0.25) is 0 Å². The number of anilines is 1. The second-order valence-electron chi connectivity index (χ2n) is 7.05. The van der Waals surface area contributed by atoms with Crippen molar-refractivity contribution in [1.82, 2.24) is 9.88 Å². The largest absolute Gasteiger partial charge is 0.393 e. The van der Waals surface area contributed by atoms with Gasteiger partial charge in [-0.15, -0.1) is 0 Å². The molecule has 2 N–H and O–H groups in total. The minimum atomic E-state index is -4.22. The average molecular weight is 465 g/mol. The van der Waals surface area contributed by atoms with Gasteiger partial charge in [0.1, 0.15) is 0 Å². The molecule has 1 fully saturated rings. The van der Waals surface area contributed by atoms with E-state index >= 15 is 0 Å². The van der Waals surface area contributed by atoms with Gasteiger partial charge in [-0.1, -0.05) is 6.07 Å². The predicted octanol–water partition coefficient (Wildman–Crippen LogP) is 5.16. The minimum absolute atomic E-state index is 0.313. The predicted molar refractivity (Wildman–Crippen MR) is 104 cm³/mol. The summed E-state index contributed by atoms with van der Waals surface area (Å²) < 4.78 is 39.5. The number of aromatic amines is 1. The number of H-pyrrole nitrogens is 1. The third kappa shape index (κ3) is 4.42. The van der Waals surface area contributed by atoms with Crippen molar-refractivity contribution in [2.75, 3.05) is 19.4 Å². The molecule has 138 valence electrons. The van der Waals surface area contributed by atoms with Gasteiger partial charge >= 0.3 is 6.18 Å². The minimum Gasteiger partial charge on any atom is -0.382 e. The van der Waals surface area contributed by atoms with Crippen molar-refractivity contribution in [1.29, 1.82) is 0 Å². The molecule has 7 heteroatoms. The first-order valence-electron chi connectivity index (χ1n) is 8.53. The fourth-order valence-corrected chi connectivity index (χ4v) is 4.48. The molecular formula is C18H23F3IN3. The summed E-state index contributed by atoms with van der Waals surface area (Å²) in [5.41, 5.74) is 1.91. The van der Waals surface area contributed by atoms with Crippen LogP contribution < -0.4 is 5.32 Å². The van der Waals surface area contributed by atoms with Crippen LogP contribution in [0.4, 0.5) is 18.9 Å². The quantitative estimate of drug-likeness (QED) is 0.612. The molecule has 3 rings (SSSR count). The molecule has 0 spiro atoms. The van der Waals surface area contributed by atoms with Gasteiger partial charge in [0.05, 0.1) is 10.1 Å². The summed E-state index contributed by atoms with van der Waals surface area (Å²) in [6, 6.07) is 6.53. The van der Waals surface area contributed by atoms with Crippen molar-refractivity contribution in [2.24, 2.45) is 0 Å². The van der Waals surface area contributed by atoms with Crippen molar-refractivity contribution >= 4 is 39.2 Å². The zero-order chi connectivity index (χ0) is 18.2. The van der Waals surface area contributed by atoms with Crippen LogP contribution in [-0.4, -0.2) is 42.2 Å². The molecule has 25 heavy (non-hydrogen) atoms. The molecule has 3 nitrogen and oxygen atoms in total. The summed E-state index contributed by atoms with van der Waals surface area (Å²) in [6.07, 6.45) is -0.824. The number of benzene rings is 1. The molecule has 0 atom stereocenters. The van der Waals surface area contributed by atoms with E-state index in [0.717, 1.165) is 36.9 Å². The highest BCUT2D eigenvalue weighted by atomic mass is 127. The lowest BCUT2D eigenvalue weighted by Crippen LogP contribution is -2.36. The van der Waals surface area contributed by atoms with E-state index in [1.165, 1.54) is 0 Å². The van der Waals surface area contributed by atoms with Gasteiger partial charge in [-0.25, -0.2) is 0 Å². The Morgan fingerprint density at radius 1 is 1.20 bits per heavy atom. The van der Waals surface area contributed by atoms with E-state index in [1.54, 1.807) is 0 Å². The number of rotatable bonds is 4. The Balaban J connectivity index is 1.84. The topological polar surface area (TPSA) is 31.1 Å². The molecule has 1 aromatic heterocycles. The van der Waals surface area contributed by atoms with Gasteiger partial charge in [0.15, 0.2) is 0 Å². The molecule has 2 aromatic rings. The van der Waals surface area contributed by atoms with E-state index in [2.05, 4.69) is 29.3 Å². The molecule has 0 amide bonds. The van der Waals surface area contributed by atoms with Crippen LogP contribution in [0.3, 0.4) is 0 Å². The number of hydrogen-bond acceptors (Lipinski definition) is 2. The van der Waals surface area contributed by atoms with Crippen LogP contribution in [0.15, 0.2) is 18.2 Å². The van der Waals surface area contributed by atoms with Crippen LogP contribution in [0.5, 0.6) is 0 Å². The Bertz CT molecular complexity index is 731. The lowest BCUT2D eigenvalue weighted by Gasteiger charge is -2.33. The highest BCUT2D eigenvalue weighted by molar-refractivity contribution is 14.1. The zero-order valence-corrected chi connectivity index (χ0v) is 16.5. The third-order valence-electron chi connectivity index (χ3n) is 5.04. The number of aromatic nitrogens is 1. The first-order valence-corrected chi connectivity index (χ1v) is 9.61. The smallest absolute Gasteiger partial charge is 0.382 e. The lowest BCUT2D eigenvalue weighted by atomic mass is 9.90. The van der Waals surface area contributed by atoms with Gasteiger partial charge in [-0.05, 0) is 74.5 Å². The highest BCUT2D eigenvalue weighted by Gasteiger charge is 2.31. The van der Waals surface area contributed by atoms with Gasteiger partial charge in [0, 0.05) is 34.2 Å². The van der Waals surface area contributed by atoms with Gasteiger partial charge in [-0.2, -0.15) is 13.2 Å². The van der Waals surface area contributed by atoms with Gasteiger partial charge in [0.2, 0.25) is 0 Å². The van der Waals surface area contributed by atoms with Gasteiger partial charge < -0.3 is 15.2 Å². The Morgan fingerprint density at radius 3 is 2.48 bits per heavy atom. The monoisotopic (exact) mass is 465 g/mol. The normalized spacial score (nSPS) is 21.9. The molecule has 1 heterocycles. The van der Waals surface area contributed by atoms with E-state index in [-0.39, 0.29) is 0 Å². The summed E-state index contributed by atoms with van der Waals surface area (Å²) in [7, 11) is 4.20. The van der Waals surface area contributed by atoms with Crippen LogP contribution in [0.25, 0.3) is 10.9 Å². The number of fused-ring (bicyclic) bond motifs is 1. The van der Waals surface area contributed by atoms with Crippen molar-refractivity contribution in [3.05, 3.63) is 27.5 Å². The number of nitrogens with one attached hydrogen (secondary N) is 2. The number of hydrogen-bond donors (Lipinski definition) is 2. The molecule has 1 aliphatic carbocycles.